The van der Waals surface area contributed by atoms with Crippen LogP contribution in [0, 0.1) is 0 Å². The van der Waals surface area contributed by atoms with Crippen molar-refractivity contribution >= 4 is 28.0 Å². The Morgan fingerprint density at radius 1 is 1.26 bits per heavy atom. The van der Waals surface area contributed by atoms with E-state index in [0.717, 1.165) is 10.0 Å². The summed E-state index contributed by atoms with van der Waals surface area (Å²) >= 11 is 3.44. The van der Waals surface area contributed by atoms with E-state index in [1.807, 2.05) is 26.0 Å². The summed E-state index contributed by atoms with van der Waals surface area (Å²) in [6.45, 7) is 4.90. The Labute approximate surface area is 121 Å². The molecule has 5 heteroatoms. The molecule has 1 rings (SSSR count). The SMILES string of the molecule is CCOc1cc(/C=C/C(=O)OC)cc(Br)c1OCC. The maximum atomic E-state index is 11.1. The van der Waals surface area contributed by atoms with Gasteiger partial charge in [0.2, 0.25) is 0 Å². The van der Waals surface area contributed by atoms with Gasteiger partial charge in [-0.05, 0) is 53.5 Å². The van der Waals surface area contributed by atoms with E-state index in [1.165, 1.54) is 13.2 Å². The minimum atomic E-state index is -0.400. The lowest BCUT2D eigenvalue weighted by Crippen LogP contribution is -2.00. The van der Waals surface area contributed by atoms with E-state index in [1.54, 1.807) is 6.08 Å². The highest BCUT2D eigenvalue weighted by molar-refractivity contribution is 9.10. The fraction of sp³-hybridized carbons (Fsp3) is 0.357. The number of carbonyl (C=O) groups is 1. The van der Waals surface area contributed by atoms with E-state index >= 15 is 0 Å². The molecule has 0 amide bonds. The summed E-state index contributed by atoms with van der Waals surface area (Å²) in [6.07, 6.45) is 3.02. The summed E-state index contributed by atoms with van der Waals surface area (Å²) in [4.78, 5) is 11.1. The Balaban J connectivity index is 3.08. The number of hydrogen-bond acceptors (Lipinski definition) is 4. The predicted octanol–water partition coefficient (Wildman–Crippen LogP) is 3.43. The van der Waals surface area contributed by atoms with Crippen molar-refractivity contribution in [3.05, 3.63) is 28.2 Å². The quantitative estimate of drug-likeness (QED) is 0.592. The van der Waals surface area contributed by atoms with Gasteiger partial charge in [0.25, 0.3) is 0 Å². The van der Waals surface area contributed by atoms with Crippen molar-refractivity contribution < 1.29 is 19.0 Å². The Morgan fingerprint density at radius 2 is 1.95 bits per heavy atom. The van der Waals surface area contributed by atoms with Crippen molar-refractivity contribution in [3.63, 3.8) is 0 Å². The maximum absolute atomic E-state index is 11.1. The van der Waals surface area contributed by atoms with Crippen LogP contribution in [0.2, 0.25) is 0 Å². The van der Waals surface area contributed by atoms with Crippen molar-refractivity contribution in [3.8, 4) is 11.5 Å². The van der Waals surface area contributed by atoms with Crippen molar-refractivity contribution in [1.29, 1.82) is 0 Å². The largest absolute Gasteiger partial charge is 0.490 e. The smallest absolute Gasteiger partial charge is 0.330 e. The molecular weight excluding hydrogens is 312 g/mol. The second-order valence-corrected chi connectivity index (χ2v) is 4.41. The lowest BCUT2D eigenvalue weighted by molar-refractivity contribution is -0.134. The molecule has 0 spiro atoms. The summed E-state index contributed by atoms with van der Waals surface area (Å²) in [5, 5.41) is 0. The van der Waals surface area contributed by atoms with Gasteiger partial charge in [-0.2, -0.15) is 0 Å². The molecule has 0 aromatic heterocycles. The molecule has 0 saturated carbocycles. The van der Waals surface area contributed by atoms with E-state index in [9.17, 15) is 4.79 Å². The Morgan fingerprint density at radius 3 is 2.53 bits per heavy atom. The van der Waals surface area contributed by atoms with Crippen molar-refractivity contribution in [2.24, 2.45) is 0 Å². The van der Waals surface area contributed by atoms with Crippen LogP contribution < -0.4 is 9.47 Å². The third-order valence-electron chi connectivity index (χ3n) is 2.23. The third kappa shape index (κ3) is 4.59. The molecule has 0 fully saturated rings. The van der Waals surface area contributed by atoms with Crippen LogP contribution >= 0.6 is 15.9 Å². The molecule has 104 valence electrons. The van der Waals surface area contributed by atoms with Gasteiger partial charge < -0.3 is 14.2 Å². The molecule has 0 saturated heterocycles. The van der Waals surface area contributed by atoms with Crippen LogP contribution in [0.5, 0.6) is 11.5 Å². The lowest BCUT2D eigenvalue weighted by Gasteiger charge is -2.13. The van der Waals surface area contributed by atoms with Gasteiger partial charge in [-0.1, -0.05) is 0 Å². The summed E-state index contributed by atoms with van der Waals surface area (Å²) in [5.41, 5.74) is 0.823. The number of halogens is 1. The van der Waals surface area contributed by atoms with Crippen molar-refractivity contribution in [2.45, 2.75) is 13.8 Å². The van der Waals surface area contributed by atoms with Crippen LogP contribution in [-0.4, -0.2) is 26.3 Å². The number of methoxy groups -OCH3 is 1. The zero-order valence-corrected chi connectivity index (χ0v) is 12.8. The fourth-order valence-electron chi connectivity index (χ4n) is 1.46. The zero-order valence-electron chi connectivity index (χ0n) is 11.2. The van der Waals surface area contributed by atoms with Gasteiger partial charge in [-0.3, -0.25) is 0 Å². The molecule has 0 unspecified atom stereocenters. The summed E-state index contributed by atoms with van der Waals surface area (Å²) in [6, 6.07) is 3.67. The Bertz CT molecular complexity index is 469. The molecule has 0 N–H and O–H groups in total. The molecule has 0 aliphatic heterocycles. The monoisotopic (exact) mass is 328 g/mol. The third-order valence-corrected chi connectivity index (χ3v) is 2.82. The second-order valence-electron chi connectivity index (χ2n) is 3.55. The normalized spacial score (nSPS) is 10.5. The summed E-state index contributed by atoms with van der Waals surface area (Å²) in [7, 11) is 1.34. The van der Waals surface area contributed by atoms with E-state index < -0.39 is 5.97 Å². The maximum Gasteiger partial charge on any atom is 0.330 e. The summed E-state index contributed by atoms with van der Waals surface area (Å²) in [5.74, 6) is 0.908. The van der Waals surface area contributed by atoms with Gasteiger partial charge in [0.05, 0.1) is 24.8 Å². The van der Waals surface area contributed by atoms with Gasteiger partial charge >= 0.3 is 5.97 Å². The van der Waals surface area contributed by atoms with Gasteiger partial charge in [0, 0.05) is 6.08 Å². The number of rotatable bonds is 6. The summed E-state index contributed by atoms with van der Waals surface area (Å²) < 4.78 is 16.4. The second kappa shape index (κ2) is 7.84. The molecular formula is C14H17BrO4. The molecule has 0 bridgehead atoms. The number of carbonyl (C=O) groups excluding carboxylic acids is 1. The topological polar surface area (TPSA) is 44.8 Å². The first kappa shape index (κ1) is 15.6. The van der Waals surface area contributed by atoms with Crippen molar-refractivity contribution in [2.75, 3.05) is 20.3 Å². The number of ether oxygens (including phenoxy) is 3. The van der Waals surface area contributed by atoms with Crippen LogP contribution in [0.1, 0.15) is 19.4 Å². The van der Waals surface area contributed by atoms with Crippen LogP contribution in [0.4, 0.5) is 0 Å². The van der Waals surface area contributed by atoms with Crippen LogP contribution in [0.3, 0.4) is 0 Å². The Kier molecular flexibility index (Phi) is 6.42. The van der Waals surface area contributed by atoms with Crippen LogP contribution in [0.15, 0.2) is 22.7 Å². The first-order valence-corrected chi connectivity index (χ1v) is 6.76. The highest BCUT2D eigenvalue weighted by atomic mass is 79.9. The number of benzene rings is 1. The molecule has 0 aliphatic carbocycles. The molecule has 4 nitrogen and oxygen atoms in total. The van der Waals surface area contributed by atoms with Crippen molar-refractivity contribution in [1.82, 2.24) is 0 Å². The average Bonchev–Trinajstić information content (AvgIpc) is 2.40. The van der Waals surface area contributed by atoms with Crippen LogP contribution in [0.25, 0.3) is 6.08 Å². The predicted molar refractivity (Wildman–Crippen MR) is 77.5 cm³/mol. The molecule has 1 aromatic rings. The highest BCUT2D eigenvalue weighted by Crippen LogP contribution is 2.37. The number of hydrogen-bond donors (Lipinski definition) is 0. The van der Waals surface area contributed by atoms with Gasteiger partial charge in [0.15, 0.2) is 11.5 Å². The van der Waals surface area contributed by atoms with E-state index in [4.69, 9.17) is 9.47 Å². The standard InChI is InChI=1S/C14H17BrO4/c1-4-18-12-9-10(6-7-13(16)17-3)8-11(15)14(12)19-5-2/h6-9H,4-5H2,1-3H3/b7-6+. The average molecular weight is 329 g/mol. The molecule has 0 heterocycles. The molecule has 0 aliphatic rings. The van der Waals surface area contributed by atoms with Gasteiger partial charge in [0.1, 0.15) is 0 Å². The molecule has 0 radical (unpaired) electrons. The van der Waals surface area contributed by atoms with E-state index in [-0.39, 0.29) is 0 Å². The minimum Gasteiger partial charge on any atom is -0.490 e. The highest BCUT2D eigenvalue weighted by Gasteiger charge is 2.11. The zero-order chi connectivity index (χ0) is 14.3. The number of esters is 1. The van der Waals surface area contributed by atoms with Gasteiger partial charge in [-0.25, -0.2) is 4.79 Å². The fourth-order valence-corrected chi connectivity index (χ4v) is 2.04. The van der Waals surface area contributed by atoms with Crippen LogP contribution in [-0.2, 0) is 9.53 Å². The van der Waals surface area contributed by atoms with Gasteiger partial charge in [-0.15, -0.1) is 0 Å². The molecule has 1 aromatic carbocycles. The molecule has 19 heavy (non-hydrogen) atoms. The minimum absolute atomic E-state index is 0.400. The lowest BCUT2D eigenvalue weighted by atomic mass is 10.2. The Hall–Kier alpha value is -1.49. The first-order valence-electron chi connectivity index (χ1n) is 5.97. The first-order chi connectivity index (χ1) is 9.12. The van der Waals surface area contributed by atoms with E-state index in [2.05, 4.69) is 20.7 Å². The molecule has 0 atom stereocenters. The van der Waals surface area contributed by atoms with E-state index in [0.29, 0.717) is 24.7 Å².